The number of hydrogen-bond acceptors (Lipinski definition) is 4. The second-order valence-corrected chi connectivity index (χ2v) is 5.50. The Bertz CT molecular complexity index is 980. The molecule has 0 aliphatic rings. The fourth-order valence-corrected chi connectivity index (χ4v) is 2.55. The smallest absolute Gasteiger partial charge is 0.259 e. The highest BCUT2D eigenvalue weighted by molar-refractivity contribution is 6.30. The van der Waals surface area contributed by atoms with Gasteiger partial charge >= 0.3 is 0 Å². The Balaban J connectivity index is 2.05. The SMILES string of the molecule is COc1cc2nc(/C=C/c3cccc(Cl)c3)[nH]c(=O)c2cc1OC. The number of aromatic nitrogens is 2. The van der Waals surface area contributed by atoms with Gasteiger partial charge in [-0.2, -0.15) is 0 Å². The van der Waals surface area contributed by atoms with Gasteiger partial charge in [0.2, 0.25) is 0 Å². The van der Waals surface area contributed by atoms with E-state index in [-0.39, 0.29) is 5.56 Å². The van der Waals surface area contributed by atoms with Crippen LogP contribution in [0.5, 0.6) is 11.5 Å². The summed E-state index contributed by atoms with van der Waals surface area (Å²) in [5, 5.41) is 1.08. The van der Waals surface area contributed by atoms with Crippen molar-refractivity contribution in [3.05, 3.63) is 63.2 Å². The minimum absolute atomic E-state index is 0.244. The minimum atomic E-state index is -0.244. The number of H-pyrrole nitrogens is 1. The van der Waals surface area contributed by atoms with Crippen LogP contribution in [-0.2, 0) is 0 Å². The first-order valence-corrected chi connectivity index (χ1v) is 7.58. The number of aromatic amines is 1. The standard InChI is InChI=1S/C18H15ClN2O3/c1-23-15-9-13-14(10-16(15)24-2)20-17(21-18(13)22)7-6-11-4-3-5-12(19)8-11/h3-10H,1-2H3,(H,20,21,22)/b7-6+. The first-order chi connectivity index (χ1) is 11.6. The van der Waals surface area contributed by atoms with Crippen LogP contribution in [-0.4, -0.2) is 24.2 Å². The molecule has 24 heavy (non-hydrogen) atoms. The van der Waals surface area contributed by atoms with Gasteiger partial charge in [0.15, 0.2) is 11.5 Å². The molecule has 0 spiro atoms. The van der Waals surface area contributed by atoms with Gasteiger partial charge in [0, 0.05) is 11.1 Å². The van der Waals surface area contributed by atoms with E-state index in [1.165, 1.54) is 14.2 Å². The topological polar surface area (TPSA) is 64.2 Å². The van der Waals surface area contributed by atoms with E-state index in [9.17, 15) is 4.79 Å². The predicted octanol–water partition coefficient (Wildman–Crippen LogP) is 3.76. The summed E-state index contributed by atoms with van der Waals surface area (Å²) in [6.45, 7) is 0. The second kappa shape index (κ2) is 6.76. The van der Waals surface area contributed by atoms with E-state index in [4.69, 9.17) is 21.1 Å². The Morgan fingerprint density at radius 3 is 2.54 bits per heavy atom. The number of nitrogens with one attached hydrogen (secondary N) is 1. The number of methoxy groups -OCH3 is 2. The summed E-state index contributed by atoms with van der Waals surface area (Å²) in [5.41, 5.74) is 1.20. The highest BCUT2D eigenvalue weighted by Gasteiger charge is 2.10. The van der Waals surface area contributed by atoms with Crippen molar-refractivity contribution in [2.45, 2.75) is 0 Å². The first kappa shape index (κ1) is 16.1. The Kier molecular flexibility index (Phi) is 4.53. The van der Waals surface area contributed by atoms with Crippen LogP contribution in [0.2, 0.25) is 5.02 Å². The fraction of sp³-hybridized carbons (Fsp3) is 0.111. The number of nitrogens with zero attached hydrogens (tertiary/aromatic N) is 1. The lowest BCUT2D eigenvalue weighted by Crippen LogP contribution is -2.10. The highest BCUT2D eigenvalue weighted by Crippen LogP contribution is 2.29. The average Bonchev–Trinajstić information content (AvgIpc) is 2.59. The Labute approximate surface area is 143 Å². The van der Waals surface area contributed by atoms with E-state index in [1.54, 1.807) is 24.3 Å². The van der Waals surface area contributed by atoms with Crippen LogP contribution < -0.4 is 15.0 Å². The van der Waals surface area contributed by atoms with Gasteiger partial charge in [0.05, 0.1) is 25.1 Å². The summed E-state index contributed by atoms with van der Waals surface area (Å²) in [7, 11) is 3.06. The summed E-state index contributed by atoms with van der Waals surface area (Å²) >= 11 is 5.96. The fourth-order valence-electron chi connectivity index (χ4n) is 2.35. The van der Waals surface area contributed by atoms with E-state index < -0.39 is 0 Å². The Morgan fingerprint density at radius 1 is 1.08 bits per heavy atom. The Hall–Kier alpha value is -2.79. The highest BCUT2D eigenvalue weighted by atomic mass is 35.5. The number of benzene rings is 2. The zero-order chi connectivity index (χ0) is 17.1. The van der Waals surface area contributed by atoms with E-state index in [0.717, 1.165) is 5.56 Å². The zero-order valence-corrected chi connectivity index (χ0v) is 13.9. The predicted molar refractivity (Wildman–Crippen MR) is 95.8 cm³/mol. The lowest BCUT2D eigenvalue weighted by atomic mass is 10.2. The monoisotopic (exact) mass is 342 g/mol. The van der Waals surface area contributed by atoms with Gasteiger partial charge < -0.3 is 14.5 Å². The third-order valence-corrected chi connectivity index (χ3v) is 3.75. The van der Waals surface area contributed by atoms with Crippen molar-refractivity contribution < 1.29 is 9.47 Å². The van der Waals surface area contributed by atoms with E-state index >= 15 is 0 Å². The van der Waals surface area contributed by atoms with Crippen LogP contribution in [0.3, 0.4) is 0 Å². The van der Waals surface area contributed by atoms with Crippen molar-refractivity contribution in [2.24, 2.45) is 0 Å². The molecule has 1 heterocycles. The second-order valence-electron chi connectivity index (χ2n) is 5.06. The normalized spacial score (nSPS) is 11.1. The summed E-state index contributed by atoms with van der Waals surface area (Å²) in [4.78, 5) is 19.5. The molecule has 0 amide bonds. The van der Waals surface area contributed by atoms with Crippen molar-refractivity contribution in [3.63, 3.8) is 0 Å². The third-order valence-electron chi connectivity index (χ3n) is 3.51. The molecule has 0 unspecified atom stereocenters. The Morgan fingerprint density at radius 2 is 1.83 bits per heavy atom. The quantitative estimate of drug-likeness (QED) is 0.784. The maximum Gasteiger partial charge on any atom is 0.259 e. The summed E-state index contributed by atoms with van der Waals surface area (Å²) in [6.07, 6.45) is 3.56. The molecule has 5 nitrogen and oxygen atoms in total. The molecule has 0 saturated carbocycles. The molecule has 1 N–H and O–H groups in total. The summed E-state index contributed by atoms with van der Waals surface area (Å²) in [5.74, 6) is 1.45. The minimum Gasteiger partial charge on any atom is -0.493 e. The molecule has 0 atom stereocenters. The van der Waals surface area contributed by atoms with E-state index in [1.807, 2.05) is 24.3 Å². The van der Waals surface area contributed by atoms with Crippen molar-refractivity contribution in [2.75, 3.05) is 14.2 Å². The van der Waals surface area contributed by atoms with E-state index in [0.29, 0.717) is 33.2 Å². The molecule has 122 valence electrons. The maximum atomic E-state index is 12.3. The van der Waals surface area contributed by atoms with Gasteiger partial charge in [-0.15, -0.1) is 0 Å². The van der Waals surface area contributed by atoms with Crippen LogP contribution in [0.25, 0.3) is 23.1 Å². The van der Waals surface area contributed by atoms with Crippen LogP contribution in [0.1, 0.15) is 11.4 Å². The van der Waals surface area contributed by atoms with Crippen LogP contribution in [0, 0.1) is 0 Å². The van der Waals surface area contributed by atoms with Gasteiger partial charge in [-0.25, -0.2) is 4.98 Å². The molecule has 0 aliphatic heterocycles. The van der Waals surface area contributed by atoms with Gasteiger partial charge in [0.25, 0.3) is 5.56 Å². The molecule has 0 bridgehead atoms. The number of hydrogen-bond donors (Lipinski definition) is 1. The first-order valence-electron chi connectivity index (χ1n) is 7.20. The van der Waals surface area contributed by atoms with Gasteiger partial charge in [-0.3, -0.25) is 4.79 Å². The number of fused-ring (bicyclic) bond motifs is 1. The van der Waals surface area contributed by atoms with Gasteiger partial charge in [-0.05, 0) is 29.8 Å². The average molecular weight is 343 g/mol. The molecule has 1 aromatic heterocycles. The maximum absolute atomic E-state index is 12.3. The van der Waals surface area contributed by atoms with Crippen molar-refractivity contribution in [1.82, 2.24) is 9.97 Å². The number of rotatable bonds is 4. The van der Waals surface area contributed by atoms with Crippen molar-refractivity contribution >= 4 is 34.7 Å². The molecule has 6 heteroatoms. The van der Waals surface area contributed by atoms with Crippen molar-refractivity contribution in [3.8, 4) is 11.5 Å². The van der Waals surface area contributed by atoms with Crippen LogP contribution in [0.15, 0.2) is 41.2 Å². The van der Waals surface area contributed by atoms with Gasteiger partial charge in [0.1, 0.15) is 5.82 Å². The van der Waals surface area contributed by atoms with Crippen LogP contribution in [0.4, 0.5) is 0 Å². The van der Waals surface area contributed by atoms with Crippen molar-refractivity contribution in [1.29, 1.82) is 0 Å². The molecular formula is C18H15ClN2O3. The molecule has 0 aliphatic carbocycles. The van der Waals surface area contributed by atoms with Crippen LogP contribution >= 0.6 is 11.6 Å². The number of halogens is 1. The lowest BCUT2D eigenvalue weighted by Gasteiger charge is -2.08. The number of ether oxygens (including phenoxy) is 2. The largest absolute Gasteiger partial charge is 0.493 e. The molecule has 3 aromatic rings. The molecule has 0 radical (unpaired) electrons. The molecule has 0 saturated heterocycles. The molecule has 3 rings (SSSR count). The van der Waals surface area contributed by atoms with Gasteiger partial charge in [-0.1, -0.05) is 29.8 Å². The van der Waals surface area contributed by atoms with E-state index in [2.05, 4.69) is 9.97 Å². The zero-order valence-electron chi connectivity index (χ0n) is 13.2. The molecular weight excluding hydrogens is 328 g/mol. The third kappa shape index (κ3) is 3.26. The summed E-state index contributed by atoms with van der Waals surface area (Å²) in [6, 6.07) is 10.7. The molecule has 2 aromatic carbocycles. The molecule has 0 fully saturated rings. The summed E-state index contributed by atoms with van der Waals surface area (Å²) < 4.78 is 10.5. The lowest BCUT2D eigenvalue weighted by molar-refractivity contribution is 0.355.